The molecule has 0 saturated carbocycles. The van der Waals surface area contributed by atoms with E-state index in [9.17, 15) is 19.2 Å². The van der Waals surface area contributed by atoms with Crippen LogP contribution in [0, 0.1) is 11.8 Å². The molecule has 1 unspecified atom stereocenters. The van der Waals surface area contributed by atoms with E-state index in [-0.39, 0.29) is 47.4 Å². The van der Waals surface area contributed by atoms with E-state index in [2.05, 4.69) is 10.6 Å². The predicted molar refractivity (Wildman–Crippen MR) is 118 cm³/mol. The quantitative estimate of drug-likeness (QED) is 0.770. The van der Waals surface area contributed by atoms with Crippen molar-refractivity contribution in [1.29, 1.82) is 0 Å². The predicted octanol–water partition coefficient (Wildman–Crippen LogP) is 2.47. The van der Waals surface area contributed by atoms with Crippen LogP contribution in [0.5, 0.6) is 0 Å². The molecule has 3 rings (SSSR count). The zero-order chi connectivity index (χ0) is 22.8. The van der Waals surface area contributed by atoms with E-state index in [1.807, 2.05) is 20.8 Å². The van der Waals surface area contributed by atoms with Gasteiger partial charge in [-0.3, -0.25) is 19.2 Å². The van der Waals surface area contributed by atoms with Crippen molar-refractivity contribution >= 4 is 35.0 Å². The van der Waals surface area contributed by atoms with Crippen molar-refractivity contribution in [2.24, 2.45) is 11.8 Å². The Morgan fingerprint density at radius 2 is 1.61 bits per heavy atom. The third-order valence-electron chi connectivity index (χ3n) is 5.91. The highest BCUT2D eigenvalue weighted by Crippen LogP contribution is 2.29. The van der Waals surface area contributed by atoms with Gasteiger partial charge in [0.25, 0.3) is 0 Å². The van der Waals surface area contributed by atoms with Crippen molar-refractivity contribution in [2.75, 3.05) is 30.3 Å². The standard InChI is InChI=1S/C23H32N4O4/c1-15(28)24-18-6-5-7-19(13-18)25-21(30)16-8-10-26(11-9-16)22(31)17-12-20(29)27(14-17)23(2,3)4/h5-7,13,16-17H,8-12,14H2,1-4H3,(H,24,28)(H,25,30). The summed E-state index contributed by atoms with van der Waals surface area (Å²) in [5, 5.41) is 5.60. The molecule has 8 heteroatoms. The highest BCUT2D eigenvalue weighted by atomic mass is 16.2. The fourth-order valence-electron chi connectivity index (χ4n) is 4.26. The number of piperidine rings is 1. The Morgan fingerprint density at radius 1 is 1.00 bits per heavy atom. The van der Waals surface area contributed by atoms with E-state index in [0.29, 0.717) is 43.9 Å². The molecule has 31 heavy (non-hydrogen) atoms. The molecule has 2 N–H and O–H groups in total. The van der Waals surface area contributed by atoms with Crippen LogP contribution in [0.4, 0.5) is 11.4 Å². The summed E-state index contributed by atoms with van der Waals surface area (Å²) in [5.41, 5.74) is 0.969. The third-order valence-corrected chi connectivity index (χ3v) is 5.91. The zero-order valence-corrected chi connectivity index (χ0v) is 18.7. The van der Waals surface area contributed by atoms with E-state index in [1.165, 1.54) is 6.92 Å². The number of carbonyl (C=O) groups excluding carboxylic acids is 4. The summed E-state index contributed by atoms with van der Waals surface area (Å²) in [5.74, 6) is -0.681. The number of rotatable bonds is 4. The molecular weight excluding hydrogens is 396 g/mol. The summed E-state index contributed by atoms with van der Waals surface area (Å²) in [6, 6.07) is 7.03. The Balaban J connectivity index is 1.51. The third kappa shape index (κ3) is 5.62. The molecule has 2 fully saturated rings. The molecule has 2 saturated heterocycles. The lowest BCUT2D eigenvalue weighted by atomic mass is 9.94. The smallest absolute Gasteiger partial charge is 0.227 e. The van der Waals surface area contributed by atoms with Gasteiger partial charge in [0.05, 0.1) is 5.92 Å². The molecule has 0 aliphatic carbocycles. The summed E-state index contributed by atoms with van der Waals surface area (Å²) >= 11 is 0. The average molecular weight is 429 g/mol. The number of hydrogen-bond acceptors (Lipinski definition) is 4. The largest absolute Gasteiger partial charge is 0.342 e. The number of benzene rings is 1. The van der Waals surface area contributed by atoms with Crippen LogP contribution in [0.2, 0.25) is 0 Å². The minimum atomic E-state index is -0.298. The van der Waals surface area contributed by atoms with Crippen LogP contribution in [-0.4, -0.2) is 58.6 Å². The lowest BCUT2D eigenvalue weighted by Gasteiger charge is -2.34. The number of nitrogens with zero attached hydrogens (tertiary/aromatic N) is 2. The van der Waals surface area contributed by atoms with Gasteiger partial charge >= 0.3 is 0 Å². The number of carbonyl (C=O) groups is 4. The summed E-state index contributed by atoms with van der Waals surface area (Å²) in [6.45, 7) is 8.87. The number of likely N-dealkylation sites (tertiary alicyclic amines) is 2. The lowest BCUT2D eigenvalue weighted by Crippen LogP contribution is -2.46. The summed E-state index contributed by atoms with van der Waals surface area (Å²) in [4.78, 5) is 52.7. The number of hydrogen-bond donors (Lipinski definition) is 2. The minimum absolute atomic E-state index is 0.0157. The number of amides is 4. The first kappa shape index (κ1) is 22.8. The second kappa shape index (κ2) is 9.08. The Kier molecular flexibility index (Phi) is 6.67. The second-order valence-corrected chi connectivity index (χ2v) is 9.43. The maximum absolute atomic E-state index is 12.9. The molecule has 0 radical (unpaired) electrons. The van der Waals surface area contributed by atoms with E-state index >= 15 is 0 Å². The molecule has 168 valence electrons. The van der Waals surface area contributed by atoms with Crippen molar-refractivity contribution in [3.63, 3.8) is 0 Å². The molecule has 2 aliphatic heterocycles. The highest BCUT2D eigenvalue weighted by molar-refractivity contribution is 5.95. The first-order valence-electron chi connectivity index (χ1n) is 10.8. The minimum Gasteiger partial charge on any atom is -0.342 e. The van der Waals surface area contributed by atoms with Crippen LogP contribution in [-0.2, 0) is 19.2 Å². The topological polar surface area (TPSA) is 98.8 Å². The molecule has 4 amide bonds. The average Bonchev–Trinajstić information content (AvgIpc) is 3.09. The molecule has 1 aromatic carbocycles. The molecule has 8 nitrogen and oxygen atoms in total. The van der Waals surface area contributed by atoms with Crippen molar-refractivity contribution < 1.29 is 19.2 Å². The molecule has 1 atom stereocenters. The number of nitrogens with one attached hydrogen (secondary N) is 2. The Labute approximate surface area is 183 Å². The van der Waals surface area contributed by atoms with Crippen molar-refractivity contribution in [1.82, 2.24) is 9.80 Å². The van der Waals surface area contributed by atoms with Crippen molar-refractivity contribution in [2.45, 2.75) is 52.5 Å². The summed E-state index contributed by atoms with van der Waals surface area (Å²) < 4.78 is 0. The molecule has 1 aromatic rings. The van der Waals surface area contributed by atoms with Gasteiger partial charge in [0, 0.05) is 55.8 Å². The molecular formula is C23H32N4O4. The van der Waals surface area contributed by atoms with Crippen LogP contribution in [0.25, 0.3) is 0 Å². The zero-order valence-electron chi connectivity index (χ0n) is 18.7. The Hall–Kier alpha value is -2.90. The van der Waals surface area contributed by atoms with Crippen LogP contribution in [0.1, 0.15) is 47.0 Å². The van der Waals surface area contributed by atoms with Gasteiger partial charge in [-0.25, -0.2) is 0 Å². The fraction of sp³-hybridized carbons (Fsp3) is 0.565. The van der Waals surface area contributed by atoms with Crippen LogP contribution < -0.4 is 10.6 Å². The lowest BCUT2D eigenvalue weighted by molar-refractivity contribution is -0.138. The highest BCUT2D eigenvalue weighted by Gasteiger charge is 2.41. The molecule has 0 spiro atoms. The van der Waals surface area contributed by atoms with E-state index in [0.717, 1.165) is 0 Å². The van der Waals surface area contributed by atoms with Gasteiger partial charge in [-0.05, 0) is 51.8 Å². The second-order valence-electron chi connectivity index (χ2n) is 9.43. The molecule has 0 aromatic heterocycles. The Bertz CT molecular complexity index is 869. The Morgan fingerprint density at radius 3 is 2.16 bits per heavy atom. The summed E-state index contributed by atoms with van der Waals surface area (Å²) in [6.07, 6.45) is 1.44. The van der Waals surface area contributed by atoms with Crippen molar-refractivity contribution in [3.8, 4) is 0 Å². The maximum atomic E-state index is 12.9. The van der Waals surface area contributed by atoms with Gasteiger partial charge in [-0.1, -0.05) is 6.07 Å². The van der Waals surface area contributed by atoms with Gasteiger partial charge in [-0.2, -0.15) is 0 Å². The SMILES string of the molecule is CC(=O)Nc1cccc(NC(=O)C2CCN(C(=O)C3CC(=O)N(C(C)(C)C)C3)CC2)c1. The molecule has 2 aliphatic rings. The van der Waals surface area contributed by atoms with Crippen LogP contribution in [0.3, 0.4) is 0 Å². The number of anilines is 2. The van der Waals surface area contributed by atoms with Gasteiger partial charge in [-0.15, -0.1) is 0 Å². The van der Waals surface area contributed by atoms with Crippen LogP contribution in [0.15, 0.2) is 24.3 Å². The van der Waals surface area contributed by atoms with Crippen LogP contribution >= 0.6 is 0 Å². The van der Waals surface area contributed by atoms with Gasteiger partial charge in [0.2, 0.25) is 23.6 Å². The molecule has 0 bridgehead atoms. The summed E-state index contributed by atoms with van der Waals surface area (Å²) in [7, 11) is 0. The van der Waals surface area contributed by atoms with E-state index < -0.39 is 0 Å². The first-order chi connectivity index (χ1) is 14.5. The first-order valence-corrected chi connectivity index (χ1v) is 10.8. The van der Waals surface area contributed by atoms with Gasteiger partial charge < -0.3 is 20.4 Å². The normalized spacial score (nSPS) is 20.0. The molecule has 2 heterocycles. The van der Waals surface area contributed by atoms with Gasteiger partial charge in [0.1, 0.15) is 0 Å². The van der Waals surface area contributed by atoms with E-state index in [4.69, 9.17) is 0 Å². The monoisotopic (exact) mass is 428 g/mol. The fourth-order valence-corrected chi connectivity index (χ4v) is 4.26. The maximum Gasteiger partial charge on any atom is 0.227 e. The van der Waals surface area contributed by atoms with E-state index in [1.54, 1.807) is 34.1 Å². The van der Waals surface area contributed by atoms with Gasteiger partial charge in [0.15, 0.2) is 0 Å². The van der Waals surface area contributed by atoms with Crippen molar-refractivity contribution in [3.05, 3.63) is 24.3 Å².